The van der Waals surface area contributed by atoms with E-state index in [4.69, 9.17) is 9.47 Å². The van der Waals surface area contributed by atoms with E-state index in [9.17, 15) is 4.79 Å². The Hall–Kier alpha value is -3.41. The zero-order valence-corrected chi connectivity index (χ0v) is 20.7. The molecule has 1 saturated heterocycles. The van der Waals surface area contributed by atoms with Crippen molar-refractivity contribution in [2.45, 2.75) is 44.1 Å². The molecule has 186 valence electrons. The number of amides is 1. The molecule has 1 N–H and O–H groups in total. The molecule has 0 aliphatic carbocycles. The number of likely N-dealkylation sites (tertiary alicyclic amines) is 1. The lowest BCUT2D eigenvalue weighted by Crippen LogP contribution is -2.48. The number of ether oxygens (including phenoxy) is 2. The second-order valence-electron chi connectivity index (χ2n) is 9.68. The van der Waals surface area contributed by atoms with Crippen molar-refractivity contribution < 1.29 is 14.3 Å². The van der Waals surface area contributed by atoms with Gasteiger partial charge < -0.3 is 19.7 Å². The molecule has 36 heavy (non-hydrogen) atoms. The Kier molecular flexibility index (Phi) is 7.49. The standard InChI is InChI=1S/C31H34N2O3/c1-24(35-22-25-10-4-2-5-11-25)20-29(26-12-6-3-7-13-26)32-21-30(34)33-18-16-31(17-19-33)28-15-9-8-14-27(28)23-36-31/h2-15,29,32H,1,16-23H2. The maximum atomic E-state index is 13.1. The first-order chi connectivity index (χ1) is 17.6. The zero-order chi connectivity index (χ0) is 24.8. The second-order valence-corrected chi connectivity index (χ2v) is 9.68. The van der Waals surface area contributed by atoms with E-state index in [0.717, 1.165) is 24.0 Å². The Morgan fingerprint density at radius 1 is 0.972 bits per heavy atom. The van der Waals surface area contributed by atoms with E-state index in [0.29, 0.717) is 38.5 Å². The SMILES string of the molecule is C=C(CC(NCC(=O)N1CCC2(CC1)OCc1ccccc12)c1ccccc1)OCc1ccccc1. The van der Waals surface area contributed by atoms with Gasteiger partial charge in [0.05, 0.1) is 24.5 Å². The minimum Gasteiger partial charge on any atom is -0.494 e. The second kappa shape index (κ2) is 11.1. The third-order valence-electron chi connectivity index (χ3n) is 7.36. The summed E-state index contributed by atoms with van der Waals surface area (Å²) >= 11 is 0. The Bertz CT molecular complexity index is 1170. The molecule has 5 rings (SSSR count). The van der Waals surface area contributed by atoms with E-state index in [1.54, 1.807) is 0 Å². The number of benzene rings is 3. The highest BCUT2D eigenvalue weighted by Gasteiger charge is 2.43. The van der Waals surface area contributed by atoms with Crippen LogP contribution in [0.25, 0.3) is 0 Å². The molecule has 0 radical (unpaired) electrons. The fourth-order valence-electron chi connectivity index (χ4n) is 5.28. The van der Waals surface area contributed by atoms with Crippen LogP contribution >= 0.6 is 0 Å². The van der Waals surface area contributed by atoms with Gasteiger partial charge in [0.15, 0.2) is 0 Å². The van der Waals surface area contributed by atoms with Crippen LogP contribution in [0.5, 0.6) is 0 Å². The van der Waals surface area contributed by atoms with Gasteiger partial charge in [-0.25, -0.2) is 0 Å². The lowest BCUT2D eigenvalue weighted by Gasteiger charge is -2.39. The third kappa shape index (κ3) is 5.53. The van der Waals surface area contributed by atoms with Gasteiger partial charge in [0, 0.05) is 25.6 Å². The number of carbonyl (C=O) groups excluding carboxylic acids is 1. The topological polar surface area (TPSA) is 50.8 Å². The fraction of sp³-hybridized carbons (Fsp3) is 0.323. The largest absolute Gasteiger partial charge is 0.494 e. The van der Waals surface area contributed by atoms with E-state index in [2.05, 4.69) is 48.3 Å². The van der Waals surface area contributed by atoms with Crippen molar-refractivity contribution in [3.05, 3.63) is 120 Å². The van der Waals surface area contributed by atoms with Crippen LogP contribution in [-0.2, 0) is 33.1 Å². The van der Waals surface area contributed by atoms with Crippen LogP contribution in [0.1, 0.15) is 47.6 Å². The van der Waals surface area contributed by atoms with Crippen molar-refractivity contribution >= 4 is 5.91 Å². The van der Waals surface area contributed by atoms with Crippen molar-refractivity contribution in [2.24, 2.45) is 0 Å². The van der Waals surface area contributed by atoms with Gasteiger partial charge in [-0.1, -0.05) is 91.5 Å². The lowest BCUT2D eigenvalue weighted by molar-refractivity contribution is -0.137. The summed E-state index contributed by atoms with van der Waals surface area (Å²) in [6.45, 7) is 6.98. The van der Waals surface area contributed by atoms with Crippen LogP contribution in [0.2, 0.25) is 0 Å². The summed E-state index contributed by atoms with van der Waals surface area (Å²) in [5.74, 6) is 0.817. The molecule has 2 aliphatic rings. The molecule has 3 aromatic carbocycles. The Morgan fingerprint density at radius 3 is 2.39 bits per heavy atom. The van der Waals surface area contributed by atoms with Crippen LogP contribution in [0.4, 0.5) is 0 Å². The molecule has 1 fully saturated rings. The highest BCUT2D eigenvalue weighted by atomic mass is 16.5. The molecule has 0 aromatic heterocycles. The summed E-state index contributed by atoms with van der Waals surface area (Å²) < 4.78 is 12.2. The van der Waals surface area contributed by atoms with Gasteiger partial charge in [-0.2, -0.15) is 0 Å². The number of fused-ring (bicyclic) bond motifs is 2. The van der Waals surface area contributed by atoms with Crippen molar-refractivity contribution in [3.8, 4) is 0 Å². The van der Waals surface area contributed by atoms with E-state index >= 15 is 0 Å². The lowest BCUT2D eigenvalue weighted by atomic mass is 9.84. The molecule has 5 heteroatoms. The molecule has 5 nitrogen and oxygen atoms in total. The van der Waals surface area contributed by atoms with E-state index in [1.807, 2.05) is 53.4 Å². The average Bonchev–Trinajstić information content (AvgIpc) is 3.29. The average molecular weight is 483 g/mol. The first-order valence-electron chi connectivity index (χ1n) is 12.8. The summed E-state index contributed by atoms with van der Waals surface area (Å²) in [6.07, 6.45) is 2.27. The number of carbonyl (C=O) groups is 1. The highest BCUT2D eigenvalue weighted by Crippen LogP contribution is 2.43. The predicted molar refractivity (Wildman–Crippen MR) is 141 cm³/mol. The van der Waals surface area contributed by atoms with E-state index < -0.39 is 0 Å². The molecule has 0 saturated carbocycles. The highest BCUT2D eigenvalue weighted by molar-refractivity contribution is 5.78. The predicted octanol–water partition coefficient (Wildman–Crippen LogP) is 5.49. The van der Waals surface area contributed by atoms with Gasteiger partial charge >= 0.3 is 0 Å². The third-order valence-corrected chi connectivity index (χ3v) is 7.36. The number of piperidine rings is 1. The first kappa shape index (κ1) is 24.3. The minimum atomic E-state index is -0.235. The smallest absolute Gasteiger partial charge is 0.236 e. The Morgan fingerprint density at radius 2 is 1.64 bits per heavy atom. The molecule has 1 unspecified atom stereocenters. The minimum absolute atomic E-state index is 0.0559. The molecule has 0 bridgehead atoms. The van der Waals surface area contributed by atoms with Crippen LogP contribution in [-0.4, -0.2) is 30.4 Å². The maximum absolute atomic E-state index is 13.1. The van der Waals surface area contributed by atoms with Gasteiger partial charge in [0.2, 0.25) is 5.91 Å². The summed E-state index contributed by atoms with van der Waals surface area (Å²) in [6, 6.07) is 28.7. The quantitative estimate of drug-likeness (QED) is 0.410. The van der Waals surface area contributed by atoms with E-state index in [-0.39, 0.29) is 24.1 Å². The van der Waals surface area contributed by atoms with Gasteiger partial charge in [0.25, 0.3) is 0 Å². The summed E-state index contributed by atoms with van der Waals surface area (Å²) in [5.41, 5.74) is 4.56. The number of nitrogens with one attached hydrogen (secondary N) is 1. The summed E-state index contributed by atoms with van der Waals surface area (Å²) in [7, 11) is 0. The molecule has 1 amide bonds. The molecule has 3 aromatic rings. The molecular weight excluding hydrogens is 448 g/mol. The van der Waals surface area contributed by atoms with Gasteiger partial charge in [-0.3, -0.25) is 4.79 Å². The van der Waals surface area contributed by atoms with Gasteiger partial charge in [0.1, 0.15) is 6.61 Å². The van der Waals surface area contributed by atoms with Crippen molar-refractivity contribution in [1.29, 1.82) is 0 Å². The molecule has 2 heterocycles. The van der Waals surface area contributed by atoms with Gasteiger partial charge in [-0.15, -0.1) is 0 Å². The number of rotatable bonds is 9. The zero-order valence-electron chi connectivity index (χ0n) is 20.7. The molecule has 1 spiro atoms. The summed E-state index contributed by atoms with van der Waals surface area (Å²) in [5, 5.41) is 3.48. The number of hydrogen-bond acceptors (Lipinski definition) is 4. The summed E-state index contributed by atoms with van der Waals surface area (Å²) in [4.78, 5) is 15.1. The van der Waals surface area contributed by atoms with E-state index in [1.165, 1.54) is 11.1 Å². The van der Waals surface area contributed by atoms with Crippen molar-refractivity contribution in [1.82, 2.24) is 10.2 Å². The van der Waals surface area contributed by atoms with Crippen molar-refractivity contribution in [3.63, 3.8) is 0 Å². The number of nitrogens with zero attached hydrogens (tertiary/aromatic N) is 1. The van der Waals surface area contributed by atoms with Gasteiger partial charge in [-0.05, 0) is 35.1 Å². The van der Waals surface area contributed by atoms with Crippen molar-refractivity contribution in [2.75, 3.05) is 19.6 Å². The van der Waals surface area contributed by atoms with Crippen LogP contribution in [0.15, 0.2) is 97.3 Å². The molecule has 2 aliphatic heterocycles. The fourth-order valence-corrected chi connectivity index (χ4v) is 5.28. The van der Waals surface area contributed by atoms with Crippen LogP contribution in [0, 0.1) is 0 Å². The molecular formula is C31H34N2O3. The molecule has 1 atom stereocenters. The van der Waals surface area contributed by atoms with Crippen LogP contribution in [0.3, 0.4) is 0 Å². The monoisotopic (exact) mass is 482 g/mol. The van der Waals surface area contributed by atoms with Crippen LogP contribution < -0.4 is 5.32 Å². The number of hydrogen-bond donors (Lipinski definition) is 1. The first-order valence-corrected chi connectivity index (χ1v) is 12.8. The Labute approximate surface area is 213 Å². The maximum Gasteiger partial charge on any atom is 0.236 e. The Balaban J connectivity index is 1.16. The normalized spacial score (nSPS) is 16.9.